The molecule has 3 aromatic rings. The van der Waals surface area contributed by atoms with Gasteiger partial charge in [0.05, 0.1) is 10.9 Å². The fraction of sp³-hybridized carbons (Fsp3) is 0.346. The molecule has 1 saturated heterocycles. The molecule has 1 fully saturated rings. The normalized spacial score (nSPS) is 20.1. The first-order chi connectivity index (χ1) is 15.5. The van der Waals surface area contributed by atoms with Crippen LogP contribution in [0.5, 0.6) is 0 Å². The molecular weight excluding hydrogens is 420 g/mol. The van der Waals surface area contributed by atoms with Crippen LogP contribution in [0.15, 0.2) is 71.6 Å². The molecule has 2 aliphatic rings. The van der Waals surface area contributed by atoms with Crippen LogP contribution < -0.4 is 5.32 Å². The van der Waals surface area contributed by atoms with E-state index in [2.05, 4.69) is 23.5 Å². The first-order valence-corrected chi connectivity index (χ1v) is 12.8. The number of carbonyl (C=O) groups excluding carboxylic acids is 1. The third kappa shape index (κ3) is 4.05. The van der Waals surface area contributed by atoms with Gasteiger partial charge in [0.1, 0.15) is 0 Å². The molecule has 1 aliphatic heterocycles. The topological polar surface area (TPSA) is 66.5 Å². The number of nitrogens with one attached hydrogen (secondary N) is 1. The highest BCUT2D eigenvalue weighted by molar-refractivity contribution is 7.89. The lowest BCUT2D eigenvalue weighted by Crippen LogP contribution is -2.44. The molecule has 0 bridgehead atoms. The summed E-state index contributed by atoms with van der Waals surface area (Å²) in [4.78, 5) is 13.3. The highest BCUT2D eigenvalue weighted by atomic mass is 32.2. The minimum Gasteiger partial charge on any atom is -0.349 e. The van der Waals surface area contributed by atoms with Gasteiger partial charge in [-0.2, -0.15) is 4.31 Å². The lowest BCUT2D eigenvalue weighted by molar-refractivity contribution is -0.127. The summed E-state index contributed by atoms with van der Waals surface area (Å²) in [6.45, 7) is 0.739. The number of hydrogen-bond acceptors (Lipinski definition) is 3. The van der Waals surface area contributed by atoms with E-state index in [1.54, 1.807) is 12.1 Å². The third-order valence-corrected chi connectivity index (χ3v) is 8.76. The Labute approximate surface area is 189 Å². The summed E-state index contributed by atoms with van der Waals surface area (Å²) in [5, 5.41) is 5.18. The molecule has 5 nitrogen and oxygen atoms in total. The largest absolute Gasteiger partial charge is 0.349 e. The predicted octanol–water partition coefficient (Wildman–Crippen LogP) is 4.43. The number of sulfonamides is 1. The zero-order valence-corrected chi connectivity index (χ0v) is 18.9. The number of hydrogen-bond donors (Lipinski definition) is 1. The molecule has 1 amide bonds. The Morgan fingerprint density at radius 3 is 2.41 bits per heavy atom. The number of benzene rings is 3. The summed E-state index contributed by atoms with van der Waals surface area (Å²) in [7, 11) is -3.57. The summed E-state index contributed by atoms with van der Waals surface area (Å²) in [5.41, 5.74) is 2.55. The molecule has 1 atom stereocenters. The van der Waals surface area contributed by atoms with Crippen LogP contribution in [0.2, 0.25) is 0 Å². The molecule has 32 heavy (non-hydrogen) atoms. The highest BCUT2D eigenvalue weighted by Gasteiger charge is 2.33. The van der Waals surface area contributed by atoms with E-state index in [4.69, 9.17) is 0 Å². The molecular formula is C26H28N2O3S. The van der Waals surface area contributed by atoms with Gasteiger partial charge >= 0.3 is 0 Å². The standard InChI is InChI=1S/C26H28N2O3S/c29-26(27-25-11-5-9-20-7-3-4-10-24(20)25)21-14-16-28(17-15-21)32(30,31)23-13-12-19-6-1-2-8-22(19)18-23/h1-4,6-8,10,12-13,18,21,25H,5,9,11,14-17H2,(H,27,29)/t25-/m1/s1. The van der Waals surface area contributed by atoms with E-state index in [9.17, 15) is 13.2 Å². The van der Waals surface area contributed by atoms with Crippen molar-refractivity contribution in [2.45, 2.75) is 43.0 Å². The van der Waals surface area contributed by atoms with Gasteiger partial charge in [-0.15, -0.1) is 0 Å². The van der Waals surface area contributed by atoms with Crippen LogP contribution in [0.1, 0.15) is 42.9 Å². The van der Waals surface area contributed by atoms with Gasteiger partial charge in [-0.1, -0.05) is 54.6 Å². The van der Waals surface area contributed by atoms with Gasteiger partial charge < -0.3 is 5.32 Å². The molecule has 0 saturated carbocycles. The summed E-state index contributed by atoms with van der Waals surface area (Å²) >= 11 is 0. The SMILES string of the molecule is O=C(N[C@@H]1CCCc2ccccc21)C1CCN(S(=O)(=O)c2ccc3ccccc3c2)CC1. The second kappa shape index (κ2) is 8.68. The van der Waals surface area contributed by atoms with Crippen molar-refractivity contribution in [2.24, 2.45) is 5.92 Å². The quantitative estimate of drug-likeness (QED) is 0.642. The van der Waals surface area contributed by atoms with E-state index < -0.39 is 10.0 Å². The smallest absolute Gasteiger partial charge is 0.243 e. The summed E-state index contributed by atoms with van der Waals surface area (Å²) in [6, 6.07) is 21.4. The fourth-order valence-electron chi connectivity index (χ4n) is 5.03. The number of aryl methyl sites for hydroxylation is 1. The Morgan fingerprint density at radius 1 is 0.875 bits per heavy atom. The van der Waals surface area contributed by atoms with E-state index in [0.29, 0.717) is 30.8 Å². The summed E-state index contributed by atoms with van der Waals surface area (Å²) in [6.07, 6.45) is 4.19. The molecule has 6 heteroatoms. The average Bonchev–Trinajstić information content (AvgIpc) is 2.84. The molecule has 166 valence electrons. The maximum Gasteiger partial charge on any atom is 0.243 e. The number of fused-ring (bicyclic) bond motifs is 2. The number of carbonyl (C=O) groups is 1. The minimum absolute atomic E-state index is 0.0504. The van der Waals surface area contributed by atoms with Crippen LogP contribution in [0.25, 0.3) is 10.8 Å². The van der Waals surface area contributed by atoms with Gasteiger partial charge in [0.15, 0.2) is 0 Å². The predicted molar refractivity (Wildman–Crippen MR) is 126 cm³/mol. The Kier molecular flexibility index (Phi) is 5.74. The molecule has 0 spiro atoms. The lowest BCUT2D eigenvalue weighted by atomic mass is 9.87. The van der Waals surface area contributed by atoms with Crippen molar-refractivity contribution in [3.05, 3.63) is 77.9 Å². The van der Waals surface area contributed by atoms with E-state index in [-0.39, 0.29) is 17.9 Å². The van der Waals surface area contributed by atoms with Gasteiger partial charge in [0.25, 0.3) is 0 Å². The maximum atomic E-state index is 13.2. The summed E-state index contributed by atoms with van der Waals surface area (Å²) < 4.78 is 27.9. The molecule has 0 radical (unpaired) electrons. The molecule has 0 unspecified atom stereocenters. The van der Waals surface area contributed by atoms with Gasteiger partial charge in [-0.25, -0.2) is 8.42 Å². The van der Waals surface area contributed by atoms with Gasteiger partial charge in [-0.05, 0) is 66.1 Å². The second-order valence-corrected chi connectivity index (χ2v) is 10.8. The van der Waals surface area contributed by atoms with Crippen molar-refractivity contribution in [1.29, 1.82) is 0 Å². The number of nitrogens with zero attached hydrogens (tertiary/aromatic N) is 1. The molecule has 3 aromatic carbocycles. The minimum atomic E-state index is -3.57. The molecule has 1 N–H and O–H groups in total. The molecule has 1 heterocycles. The molecule has 1 aliphatic carbocycles. The van der Waals surface area contributed by atoms with E-state index in [1.807, 2.05) is 36.4 Å². The van der Waals surface area contributed by atoms with Crippen molar-refractivity contribution in [1.82, 2.24) is 9.62 Å². The van der Waals surface area contributed by atoms with Crippen molar-refractivity contribution in [3.63, 3.8) is 0 Å². The van der Waals surface area contributed by atoms with Gasteiger partial charge in [0, 0.05) is 19.0 Å². The maximum absolute atomic E-state index is 13.2. The van der Waals surface area contributed by atoms with Crippen LogP contribution in [0.4, 0.5) is 0 Å². The third-order valence-electron chi connectivity index (χ3n) is 6.87. The van der Waals surface area contributed by atoms with E-state index >= 15 is 0 Å². The van der Waals surface area contributed by atoms with E-state index in [1.165, 1.54) is 15.4 Å². The zero-order valence-electron chi connectivity index (χ0n) is 18.0. The number of piperidine rings is 1. The number of amides is 1. The lowest BCUT2D eigenvalue weighted by Gasteiger charge is -2.32. The Balaban J connectivity index is 1.24. The Morgan fingerprint density at radius 2 is 1.59 bits per heavy atom. The van der Waals surface area contributed by atoms with E-state index in [0.717, 1.165) is 30.0 Å². The second-order valence-electron chi connectivity index (χ2n) is 8.84. The average molecular weight is 449 g/mol. The van der Waals surface area contributed by atoms with Crippen LogP contribution in [0.3, 0.4) is 0 Å². The van der Waals surface area contributed by atoms with Crippen molar-refractivity contribution in [2.75, 3.05) is 13.1 Å². The van der Waals surface area contributed by atoms with Crippen LogP contribution >= 0.6 is 0 Å². The van der Waals surface area contributed by atoms with Crippen LogP contribution in [-0.4, -0.2) is 31.7 Å². The zero-order chi connectivity index (χ0) is 22.1. The molecule has 5 rings (SSSR count). The Hall–Kier alpha value is -2.70. The monoisotopic (exact) mass is 448 g/mol. The van der Waals surface area contributed by atoms with Gasteiger partial charge in [0.2, 0.25) is 15.9 Å². The van der Waals surface area contributed by atoms with Crippen LogP contribution in [0, 0.1) is 5.92 Å². The highest BCUT2D eigenvalue weighted by Crippen LogP contribution is 2.31. The summed E-state index contributed by atoms with van der Waals surface area (Å²) in [5.74, 6) is -0.0957. The van der Waals surface area contributed by atoms with Crippen LogP contribution in [-0.2, 0) is 21.2 Å². The van der Waals surface area contributed by atoms with Crippen molar-refractivity contribution >= 4 is 26.7 Å². The van der Waals surface area contributed by atoms with Crippen molar-refractivity contribution in [3.8, 4) is 0 Å². The fourth-order valence-corrected chi connectivity index (χ4v) is 6.53. The number of rotatable bonds is 4. The Bertz CT molecular complexity index is 1250. The van der Waals surface area contributed by atoms with Gasteiger partial charge in [-0.3, -0.25) is 4.79 Å². The first kappa shape index (κ1) is 21.2. The molecule has 0 aromatic heterocycles. The van der Waals surface area contributed by atoms with Crippen molar-refractivity contribution < 1.29 is 13.2 Å². The first-order valence-electron chi connectivity index (χ1n) is 11.4.